The summed E-state index contributed by atoms with van der Waals surface area (Å²) in [5, 5.41) is 0.426. The second-order valence-electron chi connectivity index (χ2n) is 3.99. The number of hydrogen-bond acceptors (Lipinski definition) is 1. The fourth-order valence-corrected chi connectivity index (χ4v) is 1.99. The lowest BCUT2D eigenvalue weighted by Crippen LogP contribution is -2.33. The van der Waals surface area contributed by atoms with Crippen molar-refractivity contribution in [2.45, 2.75) is 5.92 Å². The average molecular weight is 282 g/mol. The maximum atomic E-state index is 13.8. The maximum absolute atomic E-state index is 13.8. The third-order valence-electron chi connectivity index (χ3n) is 2.71. The number of carbonyl (C=O) groups excluding carboxylic acids is 1. The molecule has 0 unspecified atom stereocenters. The van der Waals surface area contributed by atoms with Crippen molar-refractivity contribution in [1.82, 2.24) is 0 Å². The first kappa shape index (κ1) is 13.5. The molecule has 2 aromatic carbocycles. The second-order valence-corrected chi connectivity index (χ2v) is 4.43. The second kappa shape index (κ2) is 4.97. The van der Waals surface area contributed by atoms with Gasteiger partial charge in [0.25, 0.3) is 5.91 Å². The zero-order valence-electron chi connectivity index (χ0n) is 9.74. The van der Waals surface area contributed by atoms with E-state index in [1.54, 1.807) is 30.3 Å². The van der Waals surface area contributed by atoms with Crippen LogP contribution in [-0.4, -0.2) is 5.91 Å². The van der Waals surface area contributed by atoms with Crippen molar-refractivity contribution in [2.24, 2.45) is 5.73 Å². The molecule has 1 amide bonds. The molecule has 2 N–H and O–H groups in total. The Morgan fingerprint density at radius 1 is 1.11 bits per heavy atom. The molecule has 19 heavy (non-hydrogen) atoms. The van der Waals surface area contributed by atoms with Gasteiger partial charge >= 0.3 is 5.92 Å². The third-order valence-corrected chi connectivity index (χ3v) is 2.95. The molecule has 5 heteroatoms. The van der Waals surface area contributed by atoms with Gasteiger partial charge in [-0.3, -0.25) is 4.79 Å². The average Bonchev–Trinajstić information content (AvgIpc) is 2.38. The van der Waals surface area contributed by atoms with E-state index < -0.39 is 17.4 Å². The van der Waals surface area contributed by atoms with Crippen molar-refractivity contribution in [1.29, 1.82) is 0 Å². The SMILES string of the molecule is NC(=O)C(F)(F)c1ccccc1-c1cccc(Cl)c1. The van der Waals surface area contributed by atoms with Crippen molar-refractivity contribution in [3.05, 3.63) is 59.1 Å². The maximum Gasteiger partial charge on any atom is 0.350 e. The van der Waals surface area contributed by atoms with Crippen LogP contribution in [0.2, 0.25) is 5.02 Å². The molecule has 0 fully saturated rings. The topological polar surface area (TPSA) is 43.1 Å². The Labute approximate surface area is 113 Å². The zero-order valence-corrected chi connectivity index (χ0v) is 10.5. The van der Waals surface area contributed by atoms with Crippen molar-refractivity contribution in [2.75, 3.05) is 0 Å². The van der Waals surface area contributed by atoms with E-state index in [0.717, 1.165) is 0 Å². The lowest BCUT2D eigenvalue weighted by atomic mass is 9.95. The van der Waals surface area contributed by atoms with Gasteiger partial charge in [0, 0.05) is 10.6 Å². The van der Waals surface area contributed by atoms with E-state index in [1.165, 1.54) is 18.2 Å². The molecule has 0 radical (unpaired) electrons. The molecule has 2 nitrogen and oxygen atoms in total. The molecule has 0 saturated heterocycles. The highest BCUT2D eigenvalue weighted by Gasteiger charge is 2.40. The van der Waals surface area contributed by atoms with Gasteiger partial charge in [0.15, 0.2) is 0 Å². The zero-order chi connectivity index (χ0) is 14.0. The van der Waals surface area contributed by atoms with Gasteiger partial charge in [0.1, 0.15) is 0 Å². The first-order valence-corrected chi connectivity index (χ1v) is 5.84. The predicted octanol–water partition coefficient (Wildman–Crippen LogP) is 3.58. The minimum absolute atomic E-state index is 0.230. The van der Waals surface area contributed by atoms with Crippen LogP contribution in [0.5, 0.6) is 0 Å². The number of alkyl halides is 2. The first-order chi connectivity index (χ1) is 8.93. The molecular formula is C14H10ClF2NO. The summed E-state index contributed by atoms with van der Waals surface area (Å²) >= 11 is 5.84. The lowest BCUT2D eigenvalue weighted by Gasteiger charge is -2.17. The summed E-state index contributed by atoms with van der Waals surface area (Å²) in [6.45, 7) is 0. The van der Waals surface area contributed by atoms with Crippen LogP contribution in [-0.2, 0) is 10.7 Å². The summed E-state index contributed by atoms with van der Waals surface area (Å²) in [4.78, 5) is 10.9. The Kier molecular flexibility index (Phi) is 3.53. The number of benzene rings is 2. The van der Waals surface area contributed by atoms with Crippen molar-refractivity contribution >= 4 is 17.5 Å². The summed E-state index contributed by atoms with van der Waals surface area (Å²) in [5.41, 5.74) is 5.07. The molecule has 2 rings (SSSR count). The minimum Gasteiger partial charge on any atom is -0.364 e. The Bertz CT molecular complexity index is 628. The van der Waals surface area contributed by atoms with E-state index in [2.05, 4.69) is 0 Å². The molecule has 0 heterocycles. The van der Waals surface area contributed by atoms with Crippen LogP contribution in [0.25, 0.3) is 11.1 Å². The monoisotopic (exact) mass is 281 g/mol. The van der Waals surface area contributed by atoms with Gasteiger partial charge in [-0.15, -0.1) is 0 Å². The molecular weight excluding hydrogens is 272 g/mol. The molecule has 0 saturated carbocycles. The standard InChI is InChI=1S/C14H10ClF2NO/c15-10-5-3-4-9(8-10)11-6-1-2-7-12(11)14(16,17)13(18)19/h1-8H,(H2,18,19). The summed E-state index contributed by atoms with van der Waals surface area (Å²) in [6, 6.07) is 12.2. The van der Waals surface area contributed by atoms with Crippen LogP contribution in [0.1, 0.15) is 5.56 Å². The summed E-state index contributed by atoms with van der Waals surface area (Å²) in [7, 11) is 0. The number of rotatable bonds is 3. The molecule has 0 aromatic heterocycles. The Hall–Kier alpha value is -1.94. The fourth-order valence-electron chi connectivity index (χ4n) is 1.80. The highest BCUT2D eigenvalue weighted by molar-refractivity contribution is 6.30. The fraction of sp³-hybridized carbons (Fsp3) is 0.0714. The molecule has 0 atom stereocenters. The molecule has 2 aromatic rings. The van der Waals surface area contributed by atoms with E-state index in [1.807, 2.05) is 0 Å². The van der Waals surface area contributed by atoms with Crippen LogP contribution in [0, 0.1) is 0 Å². The van der Waals surface area contributed by atoms with Gasteiger partial charge < -0.3 is 5.73 Å². The van der Waals surface area contributed by atoms with Crippen LogP contribution in [0.4, 0.5) is 8.78 Å². The number of halogens is 3. The smallest absolute Gasteiger partial charge is 0.350 e. The van der Waals surface area contributed by atoms with Gasteiger partial charge in [-0.25, -0.2) is 0 Å². The lowest BCUT2D eigenvalue weighted by molar-refractivity contribution is -0.143. The summed E-state index contributed by atoms with van der Waals surface area (Å²) in [6.07, 6.45) is 0. The Balaban J connectivity index is 2.63. The first-order valence-electron chi connectivity index (χ1n) is 5.46. The largest absolute Gasteiger partial charge is 0.364 e. The predicted molar refractivity (Wildman–Crippen MR) is 70.0 cm³/mol. The Morgan fingerprint density at radius 2 is 1.79 bits per heavy atom. The molecule has 0 aliphatic rings. The van der Waals surface area contributed by atoms with Gasteiger partial charge in [-0.1, -0.05) is 48.0 Å². The van der Waals surface area contributed by atoms with Gasteiger partial charge in [-0.2, -0.15) is 8.78 Å². The summed E-state index contributed by atoms with van der Waals surface area (Å²) in [5.74, 6) is -5.40. The van der Waals surface area contributed by atoms with Gasteiger partial charge in [-0.05, 0) is 23.3 Å². The van der Waals surface area contributed by atoms with Crippen LogP contribution in [0.3, 0.4) is 0 Å². The number of hydrogen-bond donors (Lipinski definition) is 1. The normalized spacial score (nSPS) is 11.3. The minimum atomic E-state index is -3.72. The molecule has 0 spiro atoms. The quantitative estimate of drug-likeness (QED) is 0.918. The van der Waals surface area contributed by atoms with Gasteiger partial charge in [0.2, 0.25) is 0 Å². The molecule has 98 valence electrons. The van der Waals surface area contributed by atoms with E-state index >= 15 is 0 Å². The van der Waals surface area contributed by atoms with E-state index in [-0.39, 0.29) is 5.56 Å². The molecule has 0 aliphatic carbocycles. The highest BCUT2D eigenvalue weighted by atomic mass is 35.5. The number of carbonyl (C=O) groups is 1. The van der Waals surface area contributed by atoms with E-state index in [4.69, 9.17) is 17.3 Å². The van der Waals surface area contributed by atoms with Crippen molar-refractivity contribution in [3.8, 4) is 11.1 Å². The number of primary amides is 1. The van der Waals surface area contributed by atoms with Gasteiger partial charge in [0.05, 0.1) is 0 Å². The van der Waals surface area contributed by atoms with Crippen LogP contribution < -0.4 is 5.73 Å². The number of amides is 1. The van der Waals surface area contributed by atoms with Crippen LogP contribution >= 0.6 is 11.6 Å². The summed E-state index contributed by atoms with van der Waals surface area (Å²) < 4.78 is 27.6. The van der Waals surface area contributed by atoms with Crippen LogP contribution in [0.15, 0.2) is 48.5 Å². The van der Waals surface area contributed by atoms with E-state index in [9.17, 15) is 13.6 Å². The van der Waals surface area contributed by atoms with Crippen molar-refractivity contribution < 1.29 is 13.6 Å². The highest BCUT2D eigenvalue weighted by Crippen LogP contribution is 2.36. The number of nitrogens with two attached hydrogens (primary N) is 1. The molecule has 0 bridgehead atoms. The van der Waals surface area contributed by atoms with E-state index in [0.29, 0.717) is 10.6 Å². The van der Waals surface area contributed by atoms with Crippen molar-refractivity contribution in [3.63, 3.8) is 0 Å². The Morgan fingerprint density at radius 3 is 2.42 bits per heavy atom. The third kappa shape index (κ3) is 2.58. The molecule has 0 aliphatic heterocycles.